The summed E-state index contributed by atoms with van der Waals surface area (Å²) < 4.78 is 0. The fourth-order valence-corrected chi connectivity index (χ4v) is 2.17. The fourth-order valence-electron chi connectivity index (χ4n) is 2.17. The van der Waals surface area contributed by atoms with Gasteiger partial charge in [0, 0.05) is 24.7 Å². The zero-order valence-electron chi connectivity index (χ0n) is 12.1. The summed E-state index contributed by atoms with van der Waals surface area (Å²) in [5, 5.41) is 8.89. The molecule has 1 rings (SSSR count). The highest BCUT2D eigenvalue weighted by Crippen LogP contribution is 2.11. The number of nitriles is 1. The van der Waals surface area contributed by atoms with Crippen LogP contribution in [0.3, 0.4) is 0 Å². The summed E-state index contributed by atoms with van der Waals surface area (Å²) in [5.41, 5.74) is 1.09. The average Bonchev–Trinajstić information content (AvgIpc) is 2.38. The molecule has 4 heteroatoms. The maximum atomic E-state index is 12.5. The molecule has 0 saturated heterocycles. The van der Waals surface area contributed by atoms with Crippen molar-refractivity contribution < 1.29 is 4.79 Å². The van der Waals surface area contributed by atoms with Crippen molar-refractivity contribution in [2.75, 3.05) is 27.2 Å². The van der Waals surface area contributed by atoms with E-state index in [1.165, 1.54) is 0 Å². The molecule has 0 spiro atoms. The van der Waals surface area contributed by atoms with Crippen molar-refractivity contribution in [3.63, 3.8) is 0 Å². The van der Waals surface area contributed by atoms with Crippen molar-refractivity contribution in [1.29, 1.82) is 5.26 Å². The molecule has 4 nitrogen and oxygen atoms in total. The summed E-state index contributed by atoms with van der Waals surface area (Å²) in [4.78, 5) is 16.4. The van der Waals surface area contributed by atoms with Crippen molar-refractivity contribution >= 4 is 5.91 Å². The highest BCUT2D eigenvalue weighted by molar-refractivity contribution is 5.94. The van der Waals surface area contributed by atoms with Crippen molar-refractivity contribution in [1.82, 2.24) is 9.80 Å². The van der Waals surface area contributed by atoms with Crippen LogP contribution in [0.5, 0.6) is 0 Å². The van der Waals surface area contributed by atoms with Crippen LogP contribution >= 0.6 is 0 Å². The van der Waals surface area contributed by atoms with E-state index in [4.69, 9.17) is 5.26 Å². The Morgan fingerprint density at radius 2 is 2.11 bits per heavy atom. The molecule has 1 aromatic rings. The van der Waals surface area contributed by atoms with Crippen molar-refractivity contribution in [2.45, 2.75) is 19.9 Å². The molecule has 1 amide bonds. The van der Waals surface area contributed by atoms with Crippen LogP contribution in [0.2, 0.25) is 0 Å². The van der Waals surface area contributed by atoms with Gasteiger partial charge in [-0.25, -0.2) is 0 Å². The van der Waals surface area contributed by atoms with E-state index >= 15 is 0 Å². The molecule has 102 valence electrons. The van der Waals surface area contributed by atoms with Crippen LogP contribution in [-0.4, -0.2) is 48.9 Å². The van der Waals surface area contributed by atoms with E-state index in [1.807, 2.05) is 32.8 Å². The SMILES string of the molecule is CCN(C(=O)c1cccc(C#N)c1)C(C)CN(C)C. The third-order valence-corrected chi connectivity index (χ3v) is 3.00. The molecular formula is C15H21N3O. The van der Waals surface area contributed by atoms with Crippen LogP contribution in [0.1, 0.15) is 29.8 Å². The Balaban J connectivity index is 2.92. The fraction of sp³-hybridized carbons (Fsp3) is 0.467. The Morgan fingerprint density at radius 1 is 1.42 bits per heavy atom. The molecule has 1 atom stereocenters. The van der Waals surface area contributed by atoms with Crippen LogP contribution in [0.4, 0.5) is 0 Å². The monoisotopic (exact) mass is 259 g/mol. The van der Waals surface area contributed by atoms with Gasteiger partial charge in [-0.15, -0.1) is 0 Å². The number of carbonyl (C=O) groups is 1. The Labute approximate surface area is 115 Å². The van der Waals surface area contributed by atoms with Gasteiger partial charge < -0.3 is 9.80 Å². The molecule has 0 aromatic heterocycles. The summed E-state index contributed by atoms with van der Waals surface area (Å²) in [5.74, 6) is -0.0195. The summed E-state index contributed by atoms with van der Waals surface area (Å²) in [7, 11) is 3.98. The van der Waals surface area contributed by atoms with E-state index in [0.29, 0.717) is 17.7 Å². The second-order valence-electron chi connectivity index (χ2n) is 4.90. The van der Waals surface area contributed by atoms with Gasteiger partial charge in [-0.05, 0) is 46.1 Å². The van der Waals surface area contributed by atoms with Crippen molar-refractivity contribution in [3.8, 4) is 6.07 Å². The van der Waals surface area contributed by atoms with E-state index in [2.05, 4.69) is 11.0 Å². The van der Waals surface area contributed by atoms with Crippen LogP contribution in [0.25, 0.3) is 0 Å². The molecule has 0 N–H and O–H groups in total. The minimum Gasteiger partial charge on any atom is -0.335 e. The number of hydrogen-bond acceptors (Lipinski definition) is 3. The number of hydrogen-bond donors (Lipinski definition) is 0. The van der Waals surface area contributed by atoms with E-state index in [1.54, 1.807) is 24.3 Å². The maximum Gasteiger partial charge on any atom is 0.254 e. The van der Waals surface area contributed by atoms with Gasteiger partial charge in [0.2, 0.25) is 0 Å². The summed E-state index contributed by atoms with van der Waals surface area (Å²) >= 11 is 0. The Morgan fingerprint density at radius 3 is 2.63 bits per heavy atom. The van der Waals surface area contributed by atoms with Gasteiger partial charge in [0.15, 0.2) is 0 Å². The van der Waals surface area contributed by atoms with E-state index in [-0.39, 0.29) is 11.9 Å². The minimum absolute atomic E-state index is 0.0195. The number of nitrogens with zero attached hydrogens (tertiary/aromatic N) is 3. The molecule has 0 heterocycles. The lowest BCUT2D eigenvalue weighted by molar-refractivity contribution is 0.0679. The molecule has 0 aliphatic rings. The predicted octanol–water partition coefficient (Wildman–Crippen LogP) is 1.97. The largest absolute Gasteiger partial charge is 0.335 e. The first-order valence-corrected chi connectivity index (χ1v) is 6.45. The van der Waals surface area contributed by atoms with Crippen molar-refractivity contribution in [3.05, 3.63) is 35.4 Å². The Bertz CT molecular complexity index is 477. The van der Waals surface area contributed by atoms with Crippen LogP contribution in [-0.2, 0) is 0 Å². The van der Waals surface area contributed by atoms with Crippen LogP contribution in [0, 0.1) is 11.3 Å². The molecule has 19 heavy (non-hydrogen) atoms. The highest BCUT2D eigenvalue weighted by atomic mass is 16.2. The maximum absolute atomic E-state index is 12.5. The first-order valence-electron chi connectivity index (χ1n) is 6.45. The Kier molecular flexibility index (Phi) is 5.53. The second kappa shape index (κ2) is 6.91. The van der Waals surface area contributed by atoms with E-state index in [9.17, 15) is 4.79 Å². The molecule has 0 aliphatic heterocycles. The molecular weight excluding hydrogens is 238 g/mol. The topological polar surface area (TPSA) is 47.3 Å². The minimum atomic E-state index is -0.0195. The number of likely N-dealkylation sites (N-methyl/N-ethyl adjacent to an activating group) is 2. The highest BCUT2D eigenvalue weighted by Gasteiger charge is 2.20. The van der Waals surface area contributed by atoms with Crippen molar-refractivity contribution in [2.24, 2.45) is 0 Å². The van der Waals surface area contributed by atoms with Gasteiger partial charge in [-0.3, -0.25) is 4.79 Å². The molecule has 1 unspecified atom stereocenters. The van der Waals surface area contributed by atoms with Gasteiger partial charge in [-0.1, -0.05) is 6.07 Å². The third-order valence-electron chi connectivity index (χ3n) is 3.00. The van der Waals surface area contributed by atoms with Gasteiger partial charge in [0.1, 0.15) is 0 Å². The standard InChI is InChI=1S/C15H21N3O/c1-5-18(12(2)11-17(3)4)15(19)14-8-6-7-13(9-14)10-16/h6-9,12H,5,11H2,1-4H3. The van der Waals surface area contributed by atoms with E-state index < -0.39 is 0 Å². The van der Waals surface area contributed by atoms with Gasteiger partial charge in [0.25, 0.3) is 5.91 Å². The molecule has 0 radical (unpaired) electrons. The van der Waals surface area contributed by atoms with E-state index in [0.717, 1.165) is 6.54 Å². The average molecular weight is 259 g/mol. The van der Waals surface area contributed by atoms with Gasteiger partial charge in [0.05, 0.1) is 11.6 Å². The first kappa shape index (κ1) is 15.2. The number of benzene rings is 1. The van der Waals surface area contributed by atoms with Gasteiger partial charge >= 0.3 is 0 Å². The lowest BCUT2D eigenvalue weighted by atomic mass is 10.1. The lowest BCUT2D eigenvalue weighted by Gasteiger charge is -2.30. The predicted molar refractivity (Wildman–Crippen MR) is 75.9 cm³/mol. The molecule has 1 aromatic carbocycles. The third kappa shape index (κ3) is 4.08. The van der Waals surface area contributed by atoms with Gasteiger partial charge in [-0.2, -0.15) is 5.26 Å². The number of carbonyl (C=O) groups excluding carboxylic acids is 1. The summed E-state index contributed by atoms with van der Waals surface area (Å²) in [6, 6.07) is 9.05. The van der Waals surface area contributed by atoms with Crippen LogP contribution in [0.15, 0.2) is 24.3 Å². The quantitative estimate of drug-likeness (QED) is 0.812. The lowest BCUT2D eigenvalue weighted by Crippen LogP contribution is -2.43. The van der Waals surface area contributed by atoms with Crippen LogP contribution < -0.4 is 0 Å². The molecule has 0 bridgehead atoms. The zero-order valence-corrected chi connectivity index (χ0v) is 12.1. The Hall–Kier alpha value is -1.86. The second-order valence-corrected chi connectivity index (χ2v) is 4.90. The zero-order chi connectivity index (χ0) is 14.4. The molecule has 0 aliphatic carbocycles. The normalized spacial score (nSPS) is 12.0. The molecule has 0 fully saturated rings. The first-order chi connectivity index (χ1) is 8.99. The number of rotatable bonds is 5. The molecule has 0 saturated carbocycles. The summed E-state index contributed by atoms with van der Waals surface area (Å²) in [6.07, 6.45) is 0. The summed E-state index contributed by atoms with van der Waals surface area (Å²) in [6.45, 7) is 5.48. The smallest absolute Gasteiger partial charge is 0.254 e. The number of amides is 1.